The predicted octanol–water partition coefficient (Wildman–Crippen LogP) is 4.19. The Morgan fingerprint density at radius 1 is 1.19 bits per heavy atom. The van der Waals surface area contributed by atoms with E-state index in [1.54, 1.807) is 20.8 Å². The quantitative estimate of drug-likeness (QED) is 0.666. The van der Waals surface area contributed by atoms with E-state index in [9.17, 15) is 27.9 Å². The topological polar surface area (TPSA) is 76.1 Å². The van der Waals surface area contributed by atoms with Crippen LogP contribution in [0.4, 0.5) is 18.0 Å². The number of hydrogen-bond donors (Lipinski definition) is 1. The smallest absolute Gasteiger partial charge is 0.417 e. The third-order valence-electron chi connectivity index (χ3n) is 5.57. The van der Waals surface area contributed by atoms with Gasteiger partial charge in [-0.2, -0.15) is 13.2 Å². The minimum atomic E-state index is -4.62. The lowest BCUT2D eigenvalue weighted by Gasteiger charge is -2.42. The van der Waals surface area contributed by atoms with Gasteiger partial charge in [0.25, 0.3) is 0 Å². The van der Waals surface area contributed by atoms with Crippen LogP contribution in [0.1, 0.15) is 44.7 Å². The maximum atomic E-state index is 13.6. The van der Waals surface area contributed by atoms with Gasteiger partial charge in [-0.05, 0) is 51.2 Å². The van der Waals surface area contributed by atoms with Crippen LogP contribution in [0.2, 0.25) is 0 Å². The van der Waals surface area contributed by atoms with Crippen LogP contribution in [0.25, 0.3) is 0 Å². The fraction of sp³-hybridized carbons (Fsp3) is 0.619. The van der Waals surface area contributed by atoms with Gasteiger partial charge in [0.15, 0.2) is 0 Å². The molecule has 2 aliphatic heterocycles. The normalized spacial score (nSPS) is 24.6. The summed E-state index contributed by atoms with van der Waals surface area (Å²) in [5.74, 6) is -1.32. The molecule has 31 heavy (non-hydrogen) atoms. The summed E-state index contributed by atoms with van der Waals surface area (Å²) in [6.07, 6.45) is -4.49. The Hall–Kier alpha value is -1.94. The molecule has 0 radical (unpaired) electrons. The summed E-state index contributed by atoms with van der Waals surface area (Å²) in [5, 5.41) is 10.5. The Morgan fingerprint density at radius 3 is 2.32 bits per heavy atom. The van der Waals surface area contributed by atoms with Crippen molar-refractivity contribution in [1.29, 1.82) is 0 Å². The van der Waals surface area contributed by atoms with E-state index in [1.807, 2.05) is 0 Å². The van der Waals surface area contributed by atoms with Crippen molar-refractivity contribution in [2.75, 3.05) is 20.2 Å². The molecule has 1 aromatic rings. The molecule has 3 rings (SSSR count). The number of likely N-dealkylation sites (tertiary alicyclic amines) is 1. The van der Waals surface area contributed by atoms with Crippen molar-refractivity contribution in [3.8, 4) is 0 Å². The second kappa shape index (κ2) is 8.20. The molecule has 0 saturated carbocycles. The van der Waals surface area contributed by atoms with Gasteiger partial charge in [-0.15, -0.1) is 11.8 Å². The Labute approximate surface area is 183 Å². The Bertz CT molecular complexity index is 862. The number of carbonyl (C=O) groups is 2. The largest absolute Gasteiger partial charge is 0.468 e. The number of piperidine rings is 1. The summed E-state index contributed by atoms with van der Waals surface area (Å²) < 4.78 is 50.8. The maximum Gasteiger partial charge on any atom is 0.417 e. The first-order valence-electron chi connectivity index (χ1n) is 9.94. The van der Waals surface area contributed by atoms with Gasteiger partial charge in [0, 0.05) is 18.0 Å². The van der Waals surface area contributed by atoms with Crippen molar-refractivity contribution in [3.05, 3.63) is 29.3 Å². The second-order valence-corrected chi connectivity index (χ2v) is 9.88. The number of benzene rings is 1. The minimum absolute atomic E-state index is 0.0819. The Morgan fingerprint density at radius 2 is 1.81 bits per heavy atom. The van der Waals surface area contributed by atoms with Gasteiger partial charge in [-0.3, -0.25) is 4.79 Å². The van der Waals surface area contributed by atoms with E-state index in [-0.39, 0.29) is 23.5 Å². The van der Waals surface area contributed by atoms with Crippen molar-refractivity contribution in [1.82, 2.24) is 4.90 Å². The van der Waals surface area contributed by atoms with Crippen LogP contribution in [0, 0.1) is 5.92 Å². The summed E-state index contributed by atoms with van der Waals surface area (Å²) in [5.41, 5.74) is -3.30. The number of carbonyl (C=O) groups excluding carboxylic acids is 2. The number of alkyl halides is 3. The lowest BCUT2D eigenvalue weighted by molar-refractivity contribution is -0.149. The predicted molar refractivity (Wildman–Crippen MR) is 108 cm³/mol. The fourth-order valence-electron chi connectivity index (χ4n) is 4.15. The van der Waals surface area contributed by atoms with Crippen LogP contribution in [0.15, 0.2) is 23.1 Å². The van der Waals surface area contributed by atoms with E-state index in [4.69, 9.17) is 9.47 Å². The first-order valence-corrected chi connectivity index (χ1v) is 10.8. The molecular formula is C21H26F3NO5S. The van der Waals surface area contributed by atoms with E-state index in [0.29, 0.717) is 24.6 Å². The van der Waals surface area contributed by atoms with Crippen LogP contribution >= 0.6 is 11.8 Å². The highest BCUT2D eigenvalue weighted by Gasteiger charge is 2.57. The molecular weight excluding hydrogens is 435 g/mol. The van der Waals surface area contributed by atoms with Crippen LogP contribution in [-0.2, 0) is 26.0 Å². The molecule has 0 aliphatic carbocycles. The molecule has 1 N–H and O–H groups in total. The molecule has 172 valence electrons. The number of fused-ring (bicyclic) bond motifs is 1. The number of rotatable bonds is 2. The zero-order chi connectivity index (χ0) is 23.2. The Kier molecular flexibility index (Phi) is 6.27. The molecule has 1 saturated heterocycles. The maximum absolute atomic E-state index is 13.6. The van der Waals surface area contributed by atoms with Crippen LogP contribution in [0.3, 0.4) is 0 Å². The van der Waals surface area contributed by atoms with Crippen LogP contribution in [0.5, 0.6) is 0 Å². The monoisotopic (exact) mass is 461 g/mol. The second-order valence-electron chi connectivity index (χ2n) is 8.77. The molecule has 1 fully saturated rings. The Balaban J connectivity index is 1.91. The number of thioether (sulfide) groups is 1. The van der Waals surface area contributed by atoms with Gasteiger partial charge < -0.3 is 19.5 Å². The molecule has 2 heterocycles. The lowest BCUT2D eigenvalue weighted by Crippen LogP contribution is -2.51. The highest BCUT2D eigenvalue weighted by molar-refractivity contribution is 8.01. The molecule has 1 unspecified atom stereocenters. The molecule has 0 aromatic heterocycles. The summed E-state index contributed by atoms with van der Waals surface area (Å²) in [6.45, 7) is 5.79. The minimum Gasteiger partial charge on any atom is -0.468 e. The number of ether oxygens (including phenoxy) is 2. The average Bonchev–Trinajstić information content (AvgIpc) is 2.99. The zero-order valence-corrected chi connectivity index (χ0v) is 18.6. The van der Waals surface area contributed by atoms with Gasteiger partial charge in [0.2, 0.25) is 0 Å². The molecule has 2 aliphatic rings. The van der Waals surface area contributed by atoms with Crippen molar-refractivity contribution < 1.29 is 37.3 Å². The number of esters is 1. The SMILES string of the molecule is COC(=O)[C@H]1Sc2c(C(F)(F)F)cccc2C1(O)C1CCN(C(=O)OC(C)(C)C)CC1. The summed E-state index contributed by atoms with van der Waals surface area (Å²) >= 11 is 0.688. The zero-order valence-electron chi connectivity index (χ0n) is 17.8. The van der Waals surface area contributed by atoms with E-state index < -0.39 is 46.2 Å². The highest BCUT2D eigenvalue weighted by atomic mass is 32.2. The van der Waals surface area contributed by atoms with Gasteiger partial charge in [0.1, 0.15) is 16.5 Å². The van der Waals surface area contributed by atoms with Crippen molar-refractivity contribution >= 4 is 23.8 Å². The number of methoxy groups -OCH3 is 1. The third-order valence-corrected chi connectivity index (χ3v) is 7.03. The number of amides is 1. The molecule has 10 heteroatoms. The van der Waals surface area contributed by atoms with Gasteiger partial charge in [0.05, 0.1) is 12.7 Å². The van der Waals surface area contributed by atoms with E-state index in [1.165, 1.54) is 17.0 Å². The molecule has 1 aromatic carbocycles. The summed E-state index contributed by atoms with van der Waals surface area (Å²) in [7, 11) is 1.14. The van der Waals surface area contributed by atoms with Crippen molar-refractivity contribution in [2.24, 2.45) is 5.92 Å². The summed E-state index contributed by atoms with van der Waals surface area (Å²) in [4.78, 5) is 26.2. The standard InChI is InChI=1S/C21H26F3NO5S/c1-19(2,3)30-18(27)25-10-8-12(9-11-25)20(28)13-6-5-7-14(21(22,23)24)15(13)31-16(20)17(26)29-4/h5-7,12,16,28H,8-11H2,1-4H3/t16-,20?/m1/s1. The fourth-order valence-corrected chi connectivity index (χ4v) is 5.75. The molecule has 6 nitrogen and oxygen atoms in total. The molecule has 2 atom stereocenters. The van der Waals surface area contributed by atoms with E-state index in [0.717, 1.165) is 13.2 Å². The van der Waals surface area contributed by atoms with Crippen LogP contribution in [-0.4, -0.2) is 53.1 Å². The lowest BCUT2D eigenvalue weighted by atomic mass is 9.73. The molecule has 0 spiro atoms. The number of hydrogen-bond acceptors (Lipinski definition) is 6. The van der Waals surface area contributed by atoms with Gasteiger partial charge in [-0.25, -0.2) is 4.79 Å². The average molecular weight is 462 g/mol. The van der Waals surface area contributed by atoms with Crippen molar-refractivity contribution in [2.45, 2.75) is 61.1 Å². The molecule has 0 bridgehead atoms. The molecule has 1 amide bonds. The first kappa shape index (κ1) is 23.7. The van der Waals surface area contributed by atoms with Gasteiger partial charge >= 0.3 is 18.2 Å². The van der Waals surface area contributed by atoms with E-state index in [2.05, 4.69) is 0 Å². The van der Waals surface area contributed by atoms with E-state index >= 15 is 0 Å². The van der Waals surface area contributed by atoms with Gasteiger partial charge in [-0.1, -0.05) is 12.1 Å². The van der Waals surface area contributed by atoms with Crippen molar-refractivity contribution in [3.63, 3.8) is 0 Å². The first-order chi connectivity index (χ1) is 14.3. The number of nitrogens with zero attached hydrogens (tertiary/aromatic N) is 1. The number of aliphatic hydroxyl groups is 1. The van der Waals surface area contributed by atoms with Crippen LogP contribution < -0.4 is 0 Å². The highest BCUT2D eigenvalue weighted by Crippen LogP contribution is 2.57. The number of halogens is 3. The summed E-state index contributed by atoms with van der Waals surface area (Å²) in [6, 6.07) is 3.61. The third kappa shape index (κ3) is 4.50.